The van der Waals surface area contributed by atoms with E-state index in [1.54, 1.807) is 30.3 Å². The van der Waals surface area contributed by atoms with Gasteiger partial charge >= 0.3 is 0 Å². The molecule has 2 aromatic carbocycles. The van der Waals surface area contributed by atoms with Crippen molar-refractivity contribution >= 4 is 23.2 Å². The van der Waals surface area contributed by atoms with Gasteiger partial charge in [0.25, 0.3) is 5.91 Å². The van der Waals surface area contributed by atoms with Crippen molar-refractivity contribution in [2.45, 2.75) is 0 Å². The van der Waals surface area contributed by atoms with Gasteiger partial charge < -0.3 is 15.4 Å². The van der Waals surface area contributed by atoms with Gasteiger partial charge in [0.05, 0.1) is 5.56 Å². The van der Waals surface area contributed by atoms with E-state index in [0.29, 0.717) is 11.4 Å². The third kappa shape index (κ3) is 4.13. The third-order valence-electron chi connectivity index (χ3n) is 2.82. The predicted octanol–water partition coefficient (Wildman–Crippen LogP) is 2.66. The summed E-state index contributed by atoms with van der Waals surface area (Å²) in [5, 5.41) is 5.22. The van der Waals surface area contributed by atoms with Gasteiger partial charge in [-0.2, -0.15) is 0 Å². The monoisotopic (exact) mass is 302 g/mol. The highest BCUT2D eigenvalue weighted by Crippen LogP contribution is 2.15. The minimum Gasteiger partial charge on any atom is -0.375 e. The van der Waals surface area contributed by atoms with E-state index in [2.05, 4.69) is 10.6 Å². The second-order valence-corrected chi connectivity index (χ2v) is 4.49. The average Bonchev–Trinajstić information content (AvgIpc) is 2.50. The maximum absolute atomic E-state index is 13.5. The first-order chi connectivity index (χ1) is 10.6. The molecule has 22 heavy (non-hydrogen) atoms. The first-order valence-electron chi connectivity index (χ1n) is 6.55. The Kier molecular flexibility index (Phi) is 5.21. The topological polar surface area (TPSA) is 67.4 Å². The molecule has 0 radical (unpaired) electrons. The SMILES string of the molecule is COCC(=O)Nc1ccc(NC(=O)c2ccccc2F)cc1. The zero-order valence-corrected chi connectivity index (χ0v) is 11.9. The highest BCUT2D eigenvalue weighted by molar-refractivity contribution is 6.04. The Bertz CT molecular complexity index is 671. The number of hydrogen-bond donors (Lipinski definition) is 2. The molecule has 0 aromatic heterocycles. The molecule has 114 valence electrons. The second-order valence-electron chi connectivity index (χ2n) is 4.49. The first kappa shape index (κ1) is 15.7. The molecular formula is C16H15FN2O3. The Labute approximate surface area is 127 Å². The molecule has 6 heteroatoms. The minimum absolute atomic E-state index is 0.0278. The van der Waals surface area contributed by atoms with E-state index in [-0.39, 0.29) is 18.1 Å². The summed E-state index contributed by atoms with van der Waals surface area (Å²) in [6.45, 7) is -0.0359. The van der Waals surface area contributed by atoms with Gasteiger partial charge in [-0.3, -0.25) is 9.59 Å². The normalized spacial score (nSPS) is 10.1. The maximum atomic E-state index is 13.5. The lowest BCUT2D eigenvalue weighted by Crippen LogP contribution is -2.17. The average molecular weight is 302 g/mol. The van der Waals surface area contributed by atoms with Crippen LogP contribution in [-0.2, 0) is 9.53 Å². The van der Waals surface area contributed by atoms with Crippen molar-refractivity contribution in [3.8, 4) is 0 Å². The molecule has 0 aliphatic heterocycles. The van der Waals surface area contributed by atoms with Gasteiger partial charge in [0, 0.05) is 18.5 Å². The fraction of sp³-hybridized carbons (Fsp3) is 0.125. The molecule has 2 N–H and O–H groups in total. The first-order valence-corrected chi connectivity index (χ1v) is 6.55. The van der Waals surface area contributed by atoms with Gasteiger partial charge in [0.15, 0.2) is 0 Å². The summed E-state index contributed by atoms with van der Waals surface area (Å²) in [7, 11) is 1.43. The van der Waals surface area contributed by atoms with Crippen LogP contribution < -0.4 is 10.6 Å². The number of ether oxygens (including phenoxy) is 1. The Hall–Kier alpha value is -2.73. The van der Waals surface area contributed by atoms with Gasteiger partial charge in [0.1, 0.15) is 12.4 Å². The van der Waals surface area contributed by atoms with E-state index in [1.165, 1.54) is 25.3 Å². The van der Waals surface area contributed by atoms with Gasteiger partial charge in [-0.1, -0.05) is 12.1 Å². The molecule has 2 amide bonds. The molecule has 0 unspecified atom stereocenters. The van der Waals surface area contributed by atoms with Crippen LogP contribution in [0.3, 0.4) is 0 Å². The lowest BCUT2D eigenvalue weighted by Gasteiger charge is -2.08. The van der Waals surface area contributed by atoms with E-state index in [4.69, 9.17) is 4.74 Å². The van der Waals surface area contributed by atoms with Crippen molar-refractivity contribution in [3.63, 3.8) is 0 Å². The molecule has 0 aliphatic carbocycles. The smallest absolute Gasteiger partial charge is 0.258 e. The number of amides is 2. The summed E-state index contributed by atoms with van der Waals surface area (Å²) in [5.74, 6) is -1.39. The van der Waals surface area contributed by atoms with Crippen LogP contribution in [0.2, 0.25) is 0 Å². The van der Waals surface area contributed by atoms with Crippen molar-refractivity contribution in [2.75, 3.05) is 24.4 Å². The van der Waals surface area contributed by atoms with E-state index >= 15 is 0 Å². The summed E-state index contributed by atoms with van der Waals surface area (Å²) in [6.07, 6.45) is 0. The molecule has 2 aromatic rings. The van der Waals surface area contributed by atoms with Crippen molar-refractivity contribution in [1.82, 2.24) is 0 Å². The maximum Gasteiger partial charge on any atom is 0.258 e. The van der Waals surface area contributed by atoms with Gasteiger partial charge in [-0.25, -0.2) is 4.39 Å². The summed E-state index contributed by atoms with van der Waals surface area (Å²) in [6, 6.07) is 12.2. The molecule has 0 saturated carbocycles. The number of carbonyl (C=O) groups excluding carboxylic acids is 2. The Morgan fingerprint density at radius 2 is 1.59 bits per heavy atom. The minimum atomic E-state index is -0.580. The molecule has 2 rings (SSSR count). The Morgan fingerprint density at radius 1 is 1.00 bits per heavy atom. The predicted molar refractivity (Wildman–Crippen MR) is 81.3 cm³/mol. The molecule has 0 atom stereocenters. The largest absolute Gasteiger partial charge is 0.375 e. The number of nitrogens with one attached hydrogen (secondary N) is 2. The van der Waals surface area contributed by atoms with Crippen LogP contribution in [0.15, 0.2) is 48.5 Å². The summed E-state index contributed by atoms with van der Waals surface area (Å²) >= 11 is 0. The van der Waals surface area contributed by atoms with Crippen molar-refractivity contribution in [1.29, 1.82) is 0 Å². The van der Waals surface area contributed by atoms with Crippen LogP contribution in [0.5, 0.6) is 0 Å². The summed E-state index contributed by atoms with van der Waals surface area (Å²) in [4.78, 5) is 23.3. The summed E-state index contributed by atoms with van der Waals surface area (Å²) in [5.41, 5.74) is 1.05. The van der Waals surface area contributed by atoms with Crippen LogP contribution in [0.25, 0.3) is 0 Å². The number of hydrogen-bond acceptors (Lipinski definition) is 3. The van der Waals surface area contributed by atoms with E-state index in [0.717, 1.165) is 0 Å². The fourth-order valence-electron chi connectivity index (χ4n) is 1.81. The number of carbonyl (C=O) groups is 2. The summed E-state index contributed by atoms with van der Waals surface area (Å²) < 4.78 is 18.2. The van der Waals surface area contributed by atoms with E-state index in [9.17, 15) is 14.0 Å². The molecule has 5 nitrogen and oxygen atoms in total. The zero-order valence-electron chi connectivity index (χ0n) is 11.9. The highest BCUT2D eigenvalue weighted by Gasteiger charge is 2.10. The number of anilines is 2. The Morgan fingerprint density at radius 3 is 2.18 bits per heavy atom. The standard InChI is InChI=1S/C16H15FN2O3/c1-22-10-15(20)18-11-6-8-12(9-7-11)19-16(21)13-4-2-3-5-14(13)17/h2-9H,10H2,1H3,(H,18,20)(H,19,21). The van der Waals surface area contributed by atoms with Crippen LogP contribution in [0.1, 0.15) is 10.4 Å². The number of rotatable bonds is 5. The molecule has 0 bridgehead atoms. The van der Waals surface area contributed by atoms with Crippen LogP contribution in [-0.4, -0.2) is 25.5 Å². The van der Waals surface area contributed by atoms with Crippen LogP contribution in [0, 0.1) is 5.82 Å². The lowest BCUT2D eigenvalue weighted by molar-refractivity contribution is -0.119. The van der Waals surface area contributed by atoms with Gasteiger partial charge in [-0.15, -0.1) is 0 Å². The highest BCUT2D eigenvalue weighted by atomic mass is 19.1. The zero-order chi connectivity index (χ0) is 15.9. The second kappa shape index (κ2) is 7.33. The van der Waals surface area contributed by atoms with Crippen LogP contribution in [0.4, 0.5) is 15.8 Å². The van der Waals surface area contributed by atoms with Gasteiger partial charge in [0.2, 0.25) is 5.91 Å². The molecule has 0 heterocycles. The van der Waals surface area contributed by atoms with Gasteiger partial charge in [-0.05, 0) is 36.4 Å². The molecule has 0 saturated heterocycles. The van der Waals surface area contributed by atoms with E-state index < -0.39 is 11.7 Å². The number of methoxy groups -OCH3 is 1. The molecule has 0 spiro atoms. The van der Waals surface area contributed by atoms with Crippen molar-refractivity contribution in [2.24, 2.45) is 0 Å². The molecular weight excluding hydrogens is 287 g/mol. The lowest BCUT2D eigenvalue weighted by atomic mass is 10.2. The number of halogens is 1. The van der Waals surface area contributed by atoms with Crippen molar-refractivity contribution in [3.05, 3.63) is 59.9 Å². The third-order valence-corrected chi connectivity index (χ3v) is 2.82. The quantitative estimate of drug-likeness (QED) is 0.892. The number of benzene rings is 2. The van der Waals surface area contributed by atoms with E-state index in [1.807, 2.05) is 0 Å². The molecule has 0 fully saturated rings. The van der Waals surface area contributed by atoms with Crippen molar-refractivity contribution < 1.29 is 18.7 Å². The Balaban J connectivity index is 2.01. The molecule has 0 aliphatic rings. The fourth-order valence-corrected chi connectivity index (χ4v) is 1.81. The van der Waals surface area contributed by atoms with Crippen LogP contribution >= 0.6 is 0 Å².